The van der Waals surface area contributed by atoms with Crippen LogP contribution in [0.5, 0.6) is 0 Å². The first-order valence-corrected chi connectivity index (χ1v) is 6.52. The Morgan fingerprint density at radius 1 is 1.00 bits per heavy atom. The molecular formula is C16H15NO3. The fourth-order valence-electron chi connectivity index (χ4n) is 2.67. The van der Waals surface area contributed by atoms with E-state index < -0.39 is 12.1 Å². The lowest BCUT2D eigenvalue weighted by molar-refractivity contribution is -0.170. The molecule has 102 valence electrons. The van der Waals surface area contributed by atoms with Crippen LogP contribution in [0.15, 0.2) is 54.6 Å². The topological polar surface area (TPSA) is 60.8 Å². The summed E-state index contributed by atoms with van der Waals surface area (Å²) in [6, 6.07) is 16.8. The zero-order chi connectivity index (χ0) is 14.1. The number of hydrogen-bond acceptors (Lipinski definition) is 3. The average molecular weight is 269 g/mol. The molecule has 4 nitrogen and oxygen atoms in total. The number of carbonyl (C=O) groups excluding carboxylic acids is 1. The fourth-order valence-corrected chi connectivity index (χ4v) is 2.67. The first-order valence-electron chi connectivity index (χ1n) is 6.52. The van der Waals surface area contributed by atoms with E-state index in [2.05, 4.69) is 0 Å². The van der Waals surface area contributed by atoms with Crippen molar-refractivity contribution in [3.05, 3.63) is 71.3 Å². The quantitative estimate of drug-likeness (QED) is 0.821. The maximum atomic E-state index is 11.9. The van der Waals surface area contributed by atoms with Crippen LogP contribution in [0.1, 0.15) is 27.4 Å². The van der Waals surface area contributed by atoms with Gasteiger partial charge in [-0.05, 0) is 23.6 Å². The molecule has 1 aliphatic rings. The highest BCUT2D eigenvalue weighted by Crippen LogP contribution is 2.33. The van der Waals surface area contributed by atoms with Crippen molar-refractivity contribution in [1.29, 1.82) is 0 Å². The Bertz CT molecular complexity index is 627. The largest absolute Gasteiger partial charge is 0.371 e. The predicted molar refractivity (Wildman–Crippen MR) is 73.3 cm³/mol. The lowest BCUT2D eigenvalue weighted by atomic mass is 9.84. The SMILES string of the molecule is O=C1c2ccccc2C(Cc2ccccc2)C(O)N1O. The summed E-state index contributed by atoms with van der Waals surface area (Å²) in [5, 5.41) is 20.4. The van der Waals surface area contributed by atoms with Gasteiger partial charge < -0.3 is 5.11 Å². The van der Waals surface area contributed by atoms with Crippen molar-refractivity contribution in [3.8, 4) is 0 Å². The molecule has 1 heterocycles. The molecule has 0 aliphatic carbocycles. The molecule has 2 atom stereocenters. The Labute approximate surface area is 116 Å². The molecule has 0 saturated carbocycles. The molecule has 0 radical (unpaired) electrons. The summed E-state index contributed by atoms with van der Waals surface area (Å²) in [5.74, 6) is -0.895. The van der Waals surface area contributed by atoms with Crippen molar-refractivity contribution in [2.75, 3.05) is 0 Å². The van der Waals surface area contributed by atoms with Gasteiger partial charge in [0, 0.05) is 11.5 Å². The first-order chi connectivity index (χ1) is 9.68. The summed E-state index contributed by atoms with van der Waals surface area (Å²) in [6.07, 6.45) is -0.666. The Morgan fingerprint density at radius 2 is 1.65 bits per heavy atom. The molecule has 2 aromatic carbocycles. The lowest BCUT2D eigenvalue weighted by Gasteiger charge is -2.35. The van der Waals surface area contributed by atoms with Crippen LogP contribution >= 0.6 is 0 Å². The van der Waals surface area contributed by atoms with Gasteiger partial charge in [-0.25, -0.2) is 0 Å². The molecule has 3 rings (SSSR count). The molecule has 4 heteroatoms. The maximum Gasteiger partial charge on any atom is 0.280 e. The second kappa shape index (κ2) is 5.07. The number of aliphatic hydroxyl groups excluding tert-OH is 1. The lowest BCUT2D eigenvalue weighted by Crippen LogP contribution is -2.46. The molecule has 20 heavy (non-hydrogen) atoms. The summed E-state index contributed by atoms with van der Waals surface area (Å²) < 4.78 is 0. The van der Waals surface area contributed by atoms with Crippen LogP contribution in [0.3, 0.4) is 0 Å². The van der Waals surface area contributed by atoms with Gasteiger partial charge in [-0.3, -0.25) is 10.0 Å². The summed E-state index contributed by atoms with van der Waals surface area (Å²) in [5.41, 5.74) is 2.27. The highest BCUT2D eigenvalue weighted by atomic mass is 16.5. The Kier molecular flexibility index (Phi) is 3.26. The van der Waals surface area contributed by atoms with Crippen molar-refractivity contribution in [2.45, 2.75) is 18.6 Å². The van der Waals surface area contributed by atoms with E-state index in [1.165, 1.54) is 0 Å². The molecule has 2 aromatic rings. The molecule has 0 saturated heterocycles. The van der Waals surface area contributed by atoms with Crippen LogP contribution in [-0.2, 0) is 6.42 Å². The minimum atomic E-state index is -1.22. The third-order valence-corrected chi connectivity index (χ3v) is 3.71. The standard InChI is InChI=1S/C16H15NO3/c18-15-13-9-5-4-8-12(13)14(16(19)17(15)20)10-11-6-2-1-3-7-11/h1-9,14,16,19-20H,10H2. The minimum absolute atomic E-state index is 0.337. The normalized spacial score (nSPS) is 21.7. The maximum absolute atomic E-state index is 11.9. The van der Waals surface area contributed by atoms with Gasteiger partial charge in [-0.15, -0.1) is 0 Å². The van der Waals surface area contributed by atoms with Crippen LogP contribution < -0.4 is 0 Å². The van der Waals surface area contributed by atoms with E-state index in [0.717, 1.165) is 11.1 Å². The van der Waals surface area contributed by atoms with E-state index in [1.54, 1.807) is 12.1 Å². The number of hydrogen-bond donors (Lipinski definition) is 2. The minimum Gasteiger partial charge on any atom is -0.371 e. The van der Waals surface area contributed by atoms with Gasteiger partial charge in [0.25, 0.3) is 5.91 Å². The van der Waals surface area contributed by atoms with Gasteiger partial charge in [0.1, 0.15) is 0 Å². The number of fused-ring (bicyclic) bond motifs is 1. The van der Waals surface area contributed by atoms with Crippen LogP contribution in [0.2, 0.25) is 0 Å². The molecule has 1 aliphatic heterocycles. The summed E-state index contributed by atoms with van der Waals surface area (Å²) in [7, 11) is 0. The van der Waals surface area contributed by atoms with E-state index in [0.29, 0.717) is 17.0 Å². The summed E-state index contributed by atoms with van der Waals surface area (Å²) >= 11 is 0. The number of rotatable bonds is 2. The zero-order valence-corrected chi connectivity index (χ0v) is 10.8. The van der Waals surface area contributed by atoms with E-state index in [9.17, 15) is 15.1 Å². The van der Waals surface area contributed by atoms with Crippen LogP contribution in [-0.4, -0.2) is 27.5 Å². The molecule has 2 N–H and O–H groups in total. The predicted octanol–water partition coefficient (Wildman–Crippen LogP) is 2.18. The monoisotopic (exact) mass is 269 g/mol. The number of hydroxylamine groups is 2. The van der Waals surface area contributed by atoms with E-state index in [4.69, 9.17) is 0 Å². The molecule has 0 bridgehead atoms. The Morgan fingerprint density at radius 3 is 2.40 bits per heavy atom. The van der Waals surface area contributed by atoms with E-state index in [-0.39, 0.29) is 5.92 Å². The van der Waals surface area contributed by atoms with Crippen molar-refractivity contribution in [2.24, 2.45) is 0 Å². The molecule has 0 aromatic heterocycles. The second-order valence-corrected chi connectivity index (χ2v) is 4.95. The zero-order valence-electron chi connectivity index (χ0n) is 10.8. The molecular weight excluding hydrogens is 254 g/mol. The van der Waals surface area contributed by atoms with Crippen molar-refractivity contribution >= 4 is 5.91 Å². The molecule has 2 unspecified atom stereocenters. The Hall–Kier alpha value is -2.17. The van der Waals surface area contributed by atoms with Gasteiger partial charge in [0.05, 0.1) is 0 Å². The Balaban J connectivity index is 2.01. The number of amides is 1. The second-order valence-electron chi connectivity index (χ2n) is 4.95. The van der Waals surface area contributed by atoms with Crippen LogP contribution in [0, 0.1) is 0 Å². The highest BCUT2D eigenvalue weighted by Gasteiger charge is 2.38. The number of benzene rings is 2. The van der Waals surface area contributed by atoms with E-state index >= 15 is 0 Å². The van der Waals surface area contributed by atoms with Crippen molar-refractivity contribution < 1.29 is 15.1 Å². The highest BCUT2D eigenvalue weighted by molar-refractivity contribution is 5.96. The fraction of sp³-hybridized carbons (Fsp3) is 0.188. The molecule has 0 fully saturated rings. The van der Waals surface area contributed by atoms with Crippen LogP contribution in [0.4, 0.5) is 0 Å². The third kappa shape index (κ3) is 2.09. The molecule has 1 amide bonds. The van der Waals surface area contributed by atoms with Gasteiger partial charge in [0.2, 0.25) is 0 Å². The molecule has 0 spiro atoms. The summed E-state index contributed by atoms with van der Waals surface area (Å²) in [6.45, 7) is 0. The van der Waals surface area contributed by atoms with E-state index in [1.807, 2.05) is 42.5 Å². The van der Waals surface area contributed by atoms with Gasteiger partial charge in [-0.1, -0.05) is 48.5 Å². The number of carbonyl (C=O) groups is 1. The summed E-state index contributed by atoms with van der Waals surface area (Å²) in [4.78, 5) is 11.9. The number of nitrogens with zero attached hydrogens (tertiary/aromatic N) is 1. The van der Waals surface area contributed by atoms with Crippen LogP contribution in [0.25, 0.3) is 0 Å². The van der Waals surface area contributed by atoms with Crippen molar-refractivity contribution in [3.63, 3.8) is 0 Å². The van der Waals surface area contributed by atoms with Crippen molar-refractivity contribution in [1.82, 2.24) is 5.06 Å². The van der Waals surface area contributed by atoms with Gasteiger partial charge >= 0.3 is 0 Å². The van der Waals surface area contributed by atoms with Gasteiger partial charge in [-0.2, -0.15) is 5.06 Å². The third-order valence-electron chi connectivity index (χ3n) is 3.71. The van der Waals surface area contributed by atoms with Gasteiger partial charge in [0.15, 0.2) is 6.23 Å². The average Bonchev–Trinajstić information content (AvgIpc) is 2.50. The number of aliphatic hydroxyl groups is 1. The smallest absolute Gasteiger partial charge is 0.280 e. The first kappa shape index (κ1) is 12.8.